The van der Waals surface area contributed by atoms with Gasteiger partial charge in [-0.15, -0.1) is 35.3 Å². The minimum atomic E-state index is 0. The second-order valence-corrected chi connectivity index (χ2v) is 7.31. The third-order valence-corrected chi connectivity index (χ3v) is 5.48. The fraction of sp³-hybridized carbons (Fsp3) is 0.389. The number of fused-ring (bicyclic) bond motifs is 1. The van der Waals surface area contributed by atoms with Crippen molar-refractivity contribution in [1.82, 2.24) is 15.5 Å². The topological polar surface area (TPSA) is 39.7 Å². The zero-order chi connectivity index (χ0) is 16.8. The van der Waals surface area contributed by atoms with Crippen LogP contribution in [-0.4, -0.2) is 37.5 Å². The van der Waals surface area contributed by atoms with Gasteiger partial charge in [0, 0.05) is 49.7 Å². The molecular weight excluding hydrogens is 467 g/mol. The molecule has 25 heavy (non-hydrogen) atoms. The molecule has 3 rings (SSSR count). The van der Waals surface area contributed by atoms with Crippen LogP contribution in [0, 0.1) is 0 Å². The number of hydrogen-bond acceptors (Lipinski definition) is 3. The molecule has 2 N–H and O–H groups in total. The Hall–Kier alpha value is -0.830. The summed E-state index contributed by atoms with van der Waals surface area (Å²) in [6.07, 6.45) is 1.18. The number of hydrogen-bond donors (Lipinski definition) is 2. The quantitative estimate of drug-likeness (QED) is 0.381. The van der Waals surface area contributed by atoms with Crippen molar-refractivity contribution in [2.75, 3.05) is 26.7 Å². The Morgan fingerprint density at radius 3 is 2.80 bits per heavy atom. The van der Waals surface area contributed by atoms with Crippen molar-refractivity contribution < 1.29 is 0 Å². The van der Waals surface area contributed by atoms with Crippen LogP contribution >= 0.6 is 46.9 Å². The van der Waals surface area contributed by atoms with E-state index in [2.05, 4.69) is 32.0 Å². The molecule has 0 atom stereocenters. The monoisotopic (exact) mass is 490 g/mol. The molecule has 136 valence electrons. The number of aliphatic imine (C=N–C) groups is 1. The average Bonchev–Trinajstić information content (AvgIpc) is 3.07. The van der Waals surface area contributed by atoms with E-state index in [1.54, 1.807) is 11.9 Å². The molecule has 0 saturated carbocycles. The zero-order valence-corrected chi connectivity index (χ0v) is 18.2. The van der Waals surface area contributed by atoms with Crippen LogP contribution in [0.25, 0.3) is 0 Å². The van der Waals surface area contributed by atoms with Crippen LogP contribution in [-0.2, 0) is 19.5 Å². The summed E-state index contributed by atoms with van der Waals surface area (Å²) in [5.74, 6) is 0.832. The fourth-order valence-corrected chi connectivity index (χ4v) is 3.85. The molecule has 1 aromatic carbocycles. The van der Waals surface area contributed by atoms with Gasteiger partial charge in [0.05, 0.1) is 0 Å². The summed E-state index contributed by atoms with van der Waals surface area (Å²) >= 11 is 7.79. The van der Waals surface area contributed by atoms with E-state index in [1.807, 2.05) is 35.6 Å². The van der Waals surface area contributed by atoms with Crippen molar-refractivity contribution in [3.63, 3.8) is 0 Å². The van der Waals surface area contributed by atoms with Gasteiger partial charge in [-0.2, -0.15) is 0 Å². The van der Waals surface area contributed by atoms with Gasteiger partial charge < -0.3 is 10.6 Å². The predicted molar refractivity (Wildman–Crippen MR) is 118 cm³/mol. The fourth-order valence-electron chi connectivity index (χ4n) is 2.84. The van der Waals surface area contributed by atoms with Gasteiger partial charge in [-0.05, 0) is 41.1 Å². The van der Waals surface area contributed by atoms with Gasteiger partial charge in [0.2, 0.25) is 0 Å². The Labute approximate surface area is 175 Å². The standard InChI is InChI=1S/C18H23ClN4S.HI/c1-20-18(22-12-14-2-4-16(19)5-3-14)21-8-10-23-9-6-17-15(13-23)7-11-24-17;/h2-5,7,11H,6,8-10,12-13H2,1H3,(H2,20,21,22);1H. The van der Waals surface area contributed by atoms with Crippen LogP contribution in [0.15, 0.2) is 40.7 Å². The summed E-state index contributed by atoms with van der Waals surface area (Å²) in [7, 11) is 1.80. The molecule has 7 heteroatoms. The Balaban J connectivity index is 0.00000225. The van der Waals surface area contributed by atoms with E-state index in [0.29, 0.717) is 0 Å². The van der Waals surface area contributed by atoms with Crippen molar-refractivity contribution in [3.8, 4) is 0 Å². The van der Waals surface area contributed by atoms with Crippen molar-refractivity contribution in [2.24, 2.45) is 4.99 Å². The Morgan fingerprint density at radius 2 is 2.04 bits per heavy atom. The summed E-state index contributed by atoms with van der Waals surface area (Å²) in [6, 6.07) is 10.1. The first-order valence-corrected chi connectivity index (χ1v) is 9.47. The lowest BCUT2D eigenvalue weighted by atomic mass is 10.1. The highest BCUT2D eigenvalue weighted by Gasteiger charge is 2.16. The first-order chi connectivity index (χ1) is 11.7. The van der Waals surface area contributed by atoms with E-state index in [9.17, 15) is 0 Å². The molecule has 1 aromatic heterocycles. The largest absolute Gasteiger partial charge is 0.355 e. The smallest absolute Gasteiger partial charge is 0.191 e. The van der Waals surface area contributed by atoms with Gasteiger partial charge in [0.15, 0.2) is 5.96 Å². The lowest BCUT2D eigenvalue weighted by Gasteiger charge is -2.27. The molecule has 2 aromatic rings. The Bertz CT molecular complexity index is 687. The number of nitrogens with zero attached hydrogens (tertiary/aromatic N) is 2. The molecule has 0 fully saturated rings. The molecule has 0 saturated heterocycles. The normalized spacial score (nSPS) is 14.6. The summed E-state index contributed by atoms with van der Waals surface area (Å²) in [6.45, 7) is 4.86. The van der Waals surface area contributed by atoms with Crippen LogP contribution in [0.5, 0.6) is 0 Å². The summed E-state index contributed by atoms with van der Waals surface area (Å²) in [4.78, 5) is 8.33. The molecule has 0 amide bonds. The van der Waals surface area contributed by atoms with E-state index in [4.69, 9.17) is 11.6 Å². The lowest BCUT2D eigenvalue weighted by molar-refractivity contribution is 0.260. The highest BCUT2D eigenvalue weighted by Crippen LogP contribution is 2.23. The molecule has 0 radical (unpaired) electrons. The molecule has 4 nitrogen and oxygen atoms in total. The van der Waals surface area contributed by atoms with E-state index in [-0.39, 0.29) is 24.0 Å². The first-order valence-electron chi connectivity index (χ1n) is 8.21. The molecule has 0 bridgehead atoms. The van der Waals surface area contributed by atoms with Crippen LogP contribution in [0.1, 0.15) is 16.0 Å². The third kappa shape index (κ3) is 6.13. The lowest BCUT2D eigenvalue weighted by Crippen LogP contribution is -2.42. The summed E-state index contributed by atoms with van der Waals surface area (Å²) in [5.41, 5.74) is 2.68. The van der Waals surface area contributed by atoms with Gasteiger partial charge in [-0.25, -0.2) is 0 Å². The Kier molecular flexibility index (Phi) is 8.48. The second-order valence-electron chi connectivity index (χ2n) is 5.87. The summed E-state index contributed by atoms with van der Waals surface area (Å²) in [5, 5.41) is 9.69. The maximum Gasteiger partial charge on any atom is 0.191 e. The maximum absolute atomic E-state index is 5.91. The van der Waals surface area contributed by atoms with E-state index in [1.165, 1.54) is 17.5 Å². The molecule has 0 unspecified atom stereocenters. The first kappa shape index (κ1) is 20.5. The minimum Gasteiger partial charge on any atom is -0.355 e. The molecular formula is C18H24ClIN4S. The van der Waals surface area contributed by atoms with E-state index >= 15 is 0 Å². The van der Waals surface area contributed by atoms with Crippen LogP contribution in [0.3, 0.4) is 0 Å². The van der Waals surface area contributed by atoms with Gasteiger partial charge in [0.25, 0.3) is 0 Å². The third-order valence-electron chi connectivity index (χ3n) is 4.20. The zero-order valence-electron chi connectivity index (χ0n) is 14.3. The number of halogens is 2. The van der Waals surface area contributed by atoms with Crippen molar-refractivity contribution in [1.29, 1.82) is 0 Å². The van der Waals surface area contributed by atoms with Crippen LogP contribution in [0.4, 0.5) is 0 Å². The Morgan fingerprint density at radius 1 is 1.24 bits per heavy atom. The van der Waals surface area contributed by atoms with Gasteiger partial charge in [0.1, 0.15) is 0 Å². The van der Waals surface area contributed by atoms with Crippen molar-refractivity contribution in [3.05, 3.63) is 56.7 Å². The van der Waals surface area contributed by atoms with Gasteiger partial charge in [-0.3, -0.25) is 9.89 Å². The van der Waals surface area contributed by atoms with Crippen LogP contribution < -0.4 is 10.6 Å². The number of thiophene rings is 1. The number of benzene rings is 1. The van der Waals surface area contributed by atoms with Gasteiger partial charge in [-0.1, -0.05) is 23.7 Å². The van der Waals surface area contributed by atoms with E-state index in [0.717, 1.165) is 43.7 Å². The predicted octanol–water partition coefficient (Wildman–Crippen LogP) is 3.74. The number of rotatable bonds is 5. The van der Waals surface area contributed by atoms with Crippen LogP contribution in [0.2, 0.25) is 5.02 Å². The molecule has 1 aliphatic rings. The van der Waals surface area contributed by atoms with Crippen molar-refractivity contribution in [2.45, 2.75) is 19.5 Å². The van der Waals surface area contributed by atoms with Crippen molar-refractivity contribution >= 4 is 52.9 Å². The molecule has 0 aliphatic carbocycles. The highest BCUT2D eigenvalue weighted by molar-refractivity contribution is 14.0. The van der Waals surface area contributed by atoms with Gasteiger partial charge >= 0.3 is 0 Å². The molecule has 0 spiro atoms. The SMILES string of the molecule is CN=C(NCCN1CCc2sccc2C1)NCc1ccc(Cl)cc1.I. The number of nitrogens with one attached hydrogen (secondary N) is 2. The minimum absolute atomic E-state index is 0. The number of guanidine groups is 1. The highest BCUT2D eigenvalue weighted by atomic mass is 127. The van der Waals surface area contributed by atoms with E-state index < -0.39 is 0 Å². The second kappa shape index (κ2) is 10.4. The maximum atomic E-state index is 5.91. The molecule has 2 heterocycles. The molecule has 1 aliphatic heterocycles. The average molecular weight is 491 g/mol. The summed E-state index contributed by atoms with van der Waals surface area (Å²) < 4.78 is 0.